The largest absolute Gasteiger partial charge is 0.330 e. The Bertz CT molecular complexity index is 446. The summed E-state index contributed by atoms with van der Waals surface area (Å²) >= 11 is 0. The molecular weight excluding hydrogens is 260 g/mol. The Labute approximate surface area is 116 Å². The van der Waals surface area contributed by atoms with Gasteiger partial charge < -0.3 is 5.73 Å². The average molecular weight is 284 g/mol. The van der Waals surface area contributed by atoms with E-state index < -0.39 is 10.0 Å². The summed E-state index contributed by atoms with van der Waals surface area (Å²) < 4.78 is 26.5. The average Bonchev–Trinajstić information content (AvgIpc) is 2.39. The molecule has 0 bridgehead atoms. The van der Waals surface area contributed by atoms with Crippen molar-refractivity contribution >= 4 is 10.0 Å². The van der Waals surface area contributed by atoms with Gasteiger partial charge in [-0.25, -0.2) is 13.1 Å². The van der Waals surface area contributed by atoms with Crippen LogP contribution in [0.3, 0.4) is 0 Å². The Morgan fingerprint density at radius 2 is 1.84 bits per heavy atom. The lowest BCUT2D eigenvalue weighted by Crippen LogP contribution is -2.29. The molecule has 0 amide bonds. The summed E-state index contributed by atoms with van der Waals surface area (Å²) in [5, 5.41) is 0. The maximum absolute atomic E-state index is 11.9. The molecule has 0 saturated carbocycles. The van der Waals surface area contributed by atoms with E-state index >= 15 is 0 Å². The normalized spacial score (nSPS) is 13.4. The zero-order chi connectivity index (χ0) is 14.1. The Morgan fingerprint density at radius 1 is 1.16 bits per heavy atom. The predicted molar refractivity (Wildman–Crippen MR) is 79.6 cm³/mol. The van der Waals surface area contributed by atoms with E-state index in [-0.39, 0.29) is 11.7 Å². The van der Waals surface area contributed by atoms with Gasteiger partial charge >= 0.3 is 0 Å². The number of hydrogen-bond acceptors (Lipinski definition) is 3. The van der Waals surface area contributed by atoms with Crippen LogP contribution in [0.2, 0.25) is 0 Å². The first-order valence-corrected chi connectivity index (χ1v) is 8.43. The predicted octanol–water partition coefficient (Wildman–Crippen LogP) is 1.84. The molecular formula is C14H24N2O2S. The van der Waals surface area contributed by atoms with Crippen LogP contribution in [-0.4, -0.2) is 27.3 Å². The zero-order valence-electron chi connectivity index (χ0n) is 11.5. The highest BCUT2D eigenvalue weighted by Crippen LogP contribution is 2.16. The second kappa shape index (κ2) is 8.30. The maximum atomic E-state index is 11.9. The Hall–Kier alpha value is -0.910. The molecule has 0 radical (unpaired) electrons. The van der Waals surface area contributed by atoms with E-state index in [9.17, 15) is 8.42 Å². The maximum Gasteiger partial charge on any atom is 0.212 e. The fourth-order valence-corrected chi connectivity index (χ4v) is 3.36. The lowest BCUT2D eigenvalue weighted by atomic mass is 10.0. The highest BCUT2D eigenvalue weighted by molar-refractivity contribution is 7.89. The summed E-state index contributed by atoms with van der Waals surface area (Å²) in [4.78, 5) is 0. The molecule has 0 aliphatic rings. The minimum absolute atomic E-state index is 0.00254. The second-order valence-electron chi connectivity index (χ2n) is 4.84. The second-order valence-corrected chi connectivity index (χ2v) is 6.69. The van der Waals surface area contributed by atoms with Gasteiger partial charge in [0.1, 0.15) is 0 Å². The molecule has 0 aromatic heterocycles. The van der Waals surface area contributed by atoms with Crippen LogP contribution in [0.15, 0.2) is 30.3 Å². The van der Waals surface area contributed by atoms with Crippen LogP contribution in [0.4, 0.5) is 0 Å². The van der Waals surface area contributed by atoms with E-state index in [1.54, 1.807) is 0 Å². The Kier molecular flexibility index (Phi) is 7.05. The fraction of sp³-hybridized carbons (Fsp3) is 0.571. The molecule has 0 saturated heterocycles. The van der Waals surface area contributed by atoms with Crippen molar-refractivity contribution in [1.29, 1.82) is 0 Å². The van der Waals surface area contributed by atoms with Crippen LogP contribution in [0.1, 0.15) is 37.7 Å². The quantitative estimate of drug-likeness (QED) is 0.680. The first-order valence-electron chi connectivity index (χ1n) is 6.77. The minimum Gasteiger partial charge on any atom is -0.330 e. The van der Waals surface area contributed by atoms with E-state index in [0.717, 1.165) is 24.8 Å². The number of hydrogen-bond donors (Lipinski definition) is 2. The Morgan fingerprint density at radius 3 is 2.47 bits per heavy atom. The van der Waals surface area contributed by atoms with Crippen LogP contribution in [0.5, 0.6) is 0 Å². The molecule has 5 heteroatoms. The van der Waals surface area contributed by atoms with Crippen molar-refractivity contribution in [3.8, 4) is 0 Å². The van der Waals surface area contributed by atoms with E-state index in [0.29, 0.717) is 13.1 Å². The molecule has 0 spiro atoms. The summed E-state index contributed by atoms with van der Waals surface area (Å²) in [6.07, 6.45) is 2.76. The number of benzene rings is 1. The van der Waals surface area contributed by atoms with Crippen LogP contribution in [0, 0.1) is 0 Å². The van der Waals surface area contributed by atoms with Crippen LogP contribution >= 0.6 is 0 Å². The van der Waals surface area contributed by atoms with Gasteiger partial charge in [-0.3, -0.25) is 0 Å². The minimum atomic E-state index is -3.20. The van der Waals surface area contributed by atoms with Gasteiger partial charge in [-0.1, -0.05) is 43.7 Å². The first kappa shape index (κ1) is 16.1. The zero-order valence-corrected chi connectivity index (χ0v) is 12.3. The van der Waals surface area contributed by atoms with Gasteiger partial charge in [0.2, 0.25) is 10.0 Å². The van der Waals surface area contributed by atoms with Crippen molar-refractivity contribution in [3.63, 3.8) is 0 Å². The lowest BCUT2D eigenvalue weighted by Gasteiger charge is -2.13. The van der Waals surface area contributed by atoms with Crippen molar-refractivity contribution in [2.75, 3.05) is 18.8 Å². The van der Waals surface area contributed by atoms with E-state index in [2.05, 4.69) is 4.72 Å². The summed E-state index contributed by atoms with van der Waals surface area (Å²) in [6, 6.07) is 9.71. The molecule has 0 aliphatic carbocycles. The van der Waals surface area contributed by atoms with E-state index in [1.165, 1.54) is 0 Å². The molecule has 108 valence electrons. The molecule has 0 fully saturated rings. The van der Waals surface area contributed by atoms with Crippen molar-refractivity contribution in [3.05, 3.63) is 35.9 Å². The molecule has 19 heavy (non-hydrogen) atoms. The lowest BCUT2D eigenvalue weighted by molar-refractivity contribution is 0.569. The summed E-state index contributed by atoms with van der Waals surface area (Å²) in [6.45, 7) is 3.10. The number of sulfonamides is 1. The van der Waals surface area contributed by atoms with E-state index in [1.807, 2.05) is 37.3 Å². The van der Waals surface area contributed by atoms with Gasteiger partial charge in [0.25, 0.3) is 0 Å². The van der Waals surface area contributed by atoms with Gasteiger partial charge in [-0.15, -0.1) is 0 Å². The third-order valence-electron chi connectivity index (χ3n) is 3.04. The fourth-order valence-electron chi connectivity index (χ4n) is 1.94. The summed E-state index contributed by atoms with van der Waals surface area (Å²) in [5.74, 6) is 0.135. The van der Waals surface area contributed by atoms with E-state index in [4.69, 9.17) is 5.73 Å². The highest BCUT2D eigenvalue weighted by atomic mass is 32.2. The van der Waals surface area contributed by atoms with Crippen LogP contribution in [0.25, 0.3) is 0 Å². The van der Waals surface area contributed by atoms with Gasteiger partial charge in [-0.2, -0.15) is 0 Å². The first-order chi connectivity index (χ1) is 9.05. The summed E-state index contributed by atoms with van der Waals surface area (Å²) in [5.41, 5.74) is 6.44. The third-order valence-corrected chi connectivity index (χ3v) is 4.62. The SMILES string of the molecule is CC(CS(=O)(=O)NCCCCCN)c1ccccc1. The van der Waals surface area contributed by atoms with Crippen molar-refractivity contribution < 1.29 is 8.42 Å². The van der Waals surface area contributed by atoms with Crippen LogP contribution < -0.4 is 10.5 Å². The van der Waals surface area contributed by atoms with Gasteiger partial charge in [0.15, 0.2) is 0 Å². The Balaban J connectivity index is 2.38. The number of unbranched alkanes of at least 4 members (excludes halogenated alkanes) is 2. The molecule has 3 N–H and O–H groups in total. The molecule has 1 aromatic carbocycles. The molecule has 1 aromatic rings. The topological polar surface area (TPSA) is 72.2 Å². The number of nitrogens with one attached hydrogen (secondary N) is 1. The summed E-state index contributed by atoms with van der Waals surface area (Å²) in [7, 11) is -3.20. The van der Waals surface area contributed by atoms with Crippen molar-refractivity contribution in [2.45, 2.75) is 32.1 Å². The van der Waals surface area contributed by atoms with Gasteiger partial charge in [0.05, 0.1) is 5.75 Å². The molecule has 1 unspecified atom stereocenters. The third kappa shape index (κ3) is 6.71. The van der Waals surface area contributed by atoms with Gasteiger partial charge in [0, 0.05) is 6.54 Å². The molecule has 1 atom stereocenters. The van der Waals surface area contributed by atoms with Gasteiger partial charge in [-0.05, 0) is 30.9 Å². The monoisotopic (exact) mass is 284 g/mol. The van der Waals surface area contributed by atoms with Crippen LogP contribution in [-0.2, 0) is 10.0 Å². The standard InChI is InChI=1S/C14H24N2O2S/c1-13(14-8-4-2-5-9-14)12-19(17,18)16-11-7-3-6-10-15/h2,4-5,8-9,13,16H,3,6-7,10-12,15H2,1H3. The number of rotatable bonds is 9. The molecule has 4 nitrogen and oxygen atoms in total. The number of nitrogens with two attached hydrogens (primary N) is 1. The molecule has 1 rings (SSSR count). The van der Waals surface area contributed by atoms with Crippen molar-refractivity contribution in [1.82, 2.24) is 4.72 Å². The highest BCUT2D eigenvalue weighted by Gasteiger charge is 2.16. The molecule has 0 aliphatic heterocycles. The molecule has 0 heterocycles. The van der Waals surface area contributed by atoms with Crippen molar-refractivity contribution in [2.24, 2.45) is 5.73 Å². The smallest absolute Gasteiger partial charge is 0.212 e.